The van der Waals surface area contributed by atoms with Crippen molar-refractivity contribution >= 4 is 11.8 Å². The van der Waals surface area contributed by atoms with Crippen molar-refractivity contribution in [2.24, 2.45) is 11.8 Å². The van der Waals surface area contributed by atoms with Gasteiger partial charge in [0.2, 0.25) is 11.8 Å². The van der Waals surface area contributed by atoms with Gasteiger partial charge in [0.05, 0.1) is 5.92 Å². The zero-order valence-electron chi connectivity index (χ0n) is 14.9. The Hall–Kier alpha value is -1.95. The molecule has 0 radical (unpaired) electrons. The van der Waals surface area contributed by atoms with Gasteiger partial charge in [-0.1, -0.05) is 6.07 Å². The van der Waals surface area contributed by atoms with Crippen LogP contribution in [0.2, 0.25) is 0 Å². The molecule has 1 atom stereocenters. The maximum absolute atomic E-state index is 12.7. The van der Waals surface area contributed by atoms with Crippen LogP contribution in [0.5, 0.6) is 0 Å². The van der Waals surface area contributed by atoms with Crippen molar-refractivity contribution < 1.29 is 14.3 Å². The summed E-state index contributed by atoms with van der Waals surface area (Å²) in [5, 5.41) is 0. The Morgan fingerprint density at radius 1 is 1.40 bits per heavy atom. The molecule has 3 rings (SSSR count). The van der Waals surface area contributed by atoms with E-state index in [0.717, 1.165) is 44.6 Å². The molecule has 2 saturated heterocycles. The van der Waals surface area contributed by atoms with Gasteiger partial charge in [-0.25, -0.2) is 0 Å². The van der Waals surface area contributed by atoms with Gasteiger partial charge in [-0.15, -0.1) is 0 Å². The number of hydrogen-bond acceptors (Lipinski definition) is 4. The highest BCUT2D eigenvalue weighted by atomic mass is 16.5. The second kappa shape index (κ2) is 8.43. The number of carbonyl (C=O) groups excluding carboxylic acids is 2. The average Bonchev–Trinajstić information content (AvgIpc) is 3.01. The van der Waals surface area contributed by atoms with Crippen molar-refractivity contribution in [3.8, 4) is 0 Å². The van der Waals surface area contributed by atoms with E-state index in [4.69, 9.17) is 4.74 Å². The minimum absolute atomic E-state index is 0.0556. The summed E-state index contributed by atoms with van der Waals surface area (Å²) < 4.78 is 5.38. The van der Waals surface area contributed by atoms with Gasteiger partial charge in [0.25, 0.3) is 0 Å². The van der Waals surface area contributed by atoms with Crippen LogP contribution in [-0.4, -0.2) is 59.9 Å². The van der Waals surface area contributed by atoms with E-state index < -0.39 is 0 Å². The van der Waals surface area contributed by atoms with Crippen molar-refractivity contribution in [1.82, 2.24) is 14.8 Å². The Morgan fingerprint density at radius 3 is 2.92 bits per heavy atom. The molecule has 1 aromatic rings. The fraction of sp³-hybridized carbons (Fsp3) is 0.632. The highest BCUT2D eigenvalue weighted by Gasteiger charge is 2.35. The van der Waals surface area contributed by atoms with Crippen molar-refractivity contribution in [2.75, 3.05) is 33.4 Å². The smallest absolute Gasteiger partial charge is 0.227 e. The number of hydrogen-bond donors (Lipinski definition) is 0. The second-order valence-electron chi connectivity index (χ2n) is 7.14. The first-order valence-corrected chi connectivity index (χ1v) is 9.13. The molecular weight excluding hydrogens is 318 g/mol. The van der Waals surface area contributed by atoms with Gasteiger partial charge in [-0.05, 0) is 36.8 Å². The highest BCUT2D eigenvalue weighted by molar-refractivity contribution is 5.89. The van der Waals surface area contributed by atoms with Gasteiger partial charge in [0.1, 0.15) is 0 Å². The third-order valence-corrected chi connectivity index (χ3v) is 5.25. The quantitative estimate of drug-likeness (QED) is 0.787. The van der Waals surface area contributed by atoms with Gasteiger partial charge >= 0.3 is 0 Å². The normalized spacial score (nSPS) is 21.6. The molecule has 0 unspecified atom stereocenters. The Morgan fingerprint density at radius 2 is 2.20 bits per heavy atom. The Balaban J connectivity index is 1.47. The first-order chi connectivity index (χ1) is 12.1. The van der Waals surface area contributed by atoms with Gasteiger partial charge in [0, 0.05) is 58.7 Å². The summed E-state index contributed by atoms with van der Waals surface area (Å²) >= 11 is 0. The fourth-order valence-electron chi connectivity index (χ4n) is 3.64. The van der Waals surface area contributed by atoms with Crippen LogP contribution in [0, 0.1) is 11.8 Å². The van der Waals surface area contributed by atoms with Crippen molar-refractivity contribution in [3.05, 3.63) is 30.1 Å². The Labute approximate surface area is 149 Å². The minimum Gasteiger partial charge on any atom is -0.381 e. The molecule has 2 amide bonds. The molecular formula is C19H27N3O3. The number of amides is 2. The SMILES string of the molecule is CN(CCC1CCOCC1)C(=O)[C@H]1CC(=O)N(Cc2cccnc2)C1. The lowest BCUT2D eigenvalue weighted by molar-refractivity contribution is -0.134. The Kier molecular flexibility index (Phi) is 6.02. The number of nitrogens with zero attached hydrogens (tertiary/aromatic N) is 3. The summed E-state index contributed by atoms with van der Waals surface area (Å²) in [6.07, 6.45) is 7.00. The van der Waals surface area contributed by atoms with Crippen molar-refractivity contribution in [3.63, 3.8) is 0 Å². The van der Waals surface area contributed by atoms with Crippen LogP contribution in [0.3, 0.4) is 0 Å². The van der Waals surface area contributed by atoms with Gasteiger partial charge in [0.15, 0.2) is 0 Å². The number of pyridine rings is 1. The van der Waals surface area contributed by atoms with Crippen LogP contribution >= 0.6 is 0 Å². The number of carbonyl (C=O) groups is 2. The standard InChI is InChI=1S/C19H27N3O3/c1-21(8-4-15-5-9-25-10-6-15)19(24)17-11-18(23)22(14-17)13-16-3-2-7-20-12-16/h2-3,7,12,15,17H,4-6,8-11,13-14H2,1H3/t17-/m0/s1. The van der Waals surface area contributed by atoms with Crippen LogP contribution in [0.1, 0.15) is 31.2 Å². The largest absolute Gasteiger partial charge is 0.381 e. The van der Waals surface area contributed by atoms with Gasteiger partial charge in [-0.2, -0.15) is 0 Å². The minimum atomic E-state index is -0.219. The maximum atomic E-state index is 12.7. The molecule has 0 N–H and O–H groups in total. The van der Waals surface area contributed by atoms with E-state index in [1.54, 1.807) is 22.2 Å². The monoisotopic (exact) mass is 345 g/mol. The molecule has 2 aliphatic heterocycles. The maximum Gasteiger partial charge on any atom is 0.227 e. The summed E-state index contributed by atoms with van der Waals surface area (Å²) in [4.78, 5) is 32.6. The molecule has 0 spiro atoms. The number of rotatable bonds is 6. The first-order valence-electron chi connectivity index (χ1n) is 9.13. The molecule has 0 aliphatic carbocycles. The summed E-state index contributed by atoms with van der Waals surface area (Å²) in [5.41, 5.74) is 0.997. The van der Waals surface area contributed by atoms with Crippen molar-refractivity contribution in [1.29, 1.82) is 0 Å². The molecule has 6 nitrogen and oxygen atoms in total. The predicted octanol–water partition coefficient (Wildman–Crippen LogP) is 1.71. The molecule has 3 heterocycles. The third-order valence-electron chi connectivity index (χ3n) is 5.25. The highest BCUT2D eigenvalue weighted by Crippen LogP contribution is 2.23. The van der Waals surface area contributed by atoms with E-state index in [9.17, 15) is 9.59 Å². The molecule has 0 bridgehead atoms. The molecule has 25 heavy (non-hydrogen) atoms. The fourth-order valence-corrected chi connectivity index (χ4v) is 3.64. The summed E-state index contributed by atoms with van der Waals surface area (Å²) in [7, 11) is 1.86. The molecule has 0 aromatic carbocycles. The zero-order valence-corrected chi connectivity index (χ0v) is 14.9. The Bertz CT molecular complexity index is 587. The summed E-state index contributed by atoms with van der Waals surface area (Å²) in [6, 6.07) is 3.82. The van der Waals surface area contributed by atoms with Crippen LogP contribution in [-0.2, 0) is 20.9 Å². The summed E-state index contributed by atoms with van der Waals surface area (Å²) in [5.74, 6) is 0.578. The van der Waals surface area contributed by atoms with E-state index in [0.29, 0.717) is 25.4 Å². The molecule has 0 saturated carbocycles. The lowest BCUT2D eigenvalue weighted by atomic mass is 9.96. The van der Waals surface area contributed by atoms with E-state index in [1.807, 2.05) is 19.2 Å². The zero-order chi connectivity index (χ0) is 17.6. The topological polar surface area (TPSA) is 62.7 Å². The van der Waals surface area contributed by atoms with Crippen LogP contribution in [0.15, 0.2) is 24.5 Å². The number of likely N-dealkylation sites (tertiary alicyclic amines) is 1. The van der Waals surface area contributed by atoms with E-state index in [-0.39, 0.29) is 17.7 Å². The number of aromatic nitrogens is 1. The third kappa shape index (κ3) is 4.78. The van der Waals surface area contributed by atoms with E-state index in [1.165, 1.54) is 0 Å². The molecule has 2 fully saturated rings. The predicted molar refractivity (Wildman–Crippen MR) is 93.6 cm³/mol. The van der Waals surface area contributed by atoms with Crippen LogP contribution in [0.25, 0.3) is 0 Å². The lowest BCUT2D eigenvalue weighted by Crippen LogP contribution is -2.36. The van der Waals surface area contributed by atoms with Crippen LogP contribution in [0.4, 0.5) is 0 Å². The summed E-state index contributed by atoms with van der Waals surface area (Å²) in [6.45, 7) is 3.47. The van der Waals surface area contributed by atoms with Gasteiger partial charge in [-0.3, -0.25) is 14.6 Å². The van der Waals surface area contributed by atoms with Gasteiger partial charge < -0.3 is 14.5 Å². The first kappa shape index (κ1) is 17.9. The molecule has 6 heteroatoms. The second-order valence-corrected chi connectivity index (χ2v) is 7.14. The van der Waals surface area contributed by atoms with Crippen LogP contribution < -0.4 is 0 Å². The lowest BCUT2D eigenvalue weighted by Gasteiger charge is -2.26. The molecule has 136 valence electrons. The average molecular weight is 345 g/mol. The van der Waals surface area contributed by atoms with E-state index in [2.05, 4.69) is 4.98 Å². The van der Waals surface area contributed by atoms with Crippen molar-refractivity contribution in [2.45, 2.75) is 32.2 Å². The molecule has 2 aliphatic rings. The van der Waals surface area contributed by atoms with E-state index >= 15 is 0 Å². The molecule has 1 aromatic heterocycles. The number of ether oxygens (including phenoxy) is 1.